The van der Waals surface area contributed by atoms with Crippen LogP contribution < -0.4 is 5.43 Å². The summed E-state index contributed by atoms with van der Waals surface area (Å²) >= 11 is 0. The Morgan fingerprint density at radius 1 is 1.00 bits per heavy atom. The van der Waals surface area contributed by atoms with E-state index in [1.54, 1.807) is 6.07 Å². The average molecular weight is 358 g/mol. The van der Waals surface area contributed by atoms with Crippen molar-refractivity contribution in [1.29, 1.82) is 0 Å². The number of benzene rings is 2. The fraction of sp³-hybridized carbons (Fsp3) is 0.273. The molecule has 1 aliphatic rings. The van der Waals surface area contributed by atoms with E-state index in [1.807, 2.05) is 42.5 Å². The normalized spacial score (nSPS) is 18.3. The molecule has 2 aromatic carbocycles. The van der Waals surface area contributed by atoms with Gasteiger partial charge in [-0.2, -0.15) is 0 Å². The predicted molar refractivity (Wildman–Crippen MR) is 108 cm³/mol. The zero-order valence-corrected chi connectivity index (χ0v) is 15.1. The summed E-state index contributed by atoms with van der Waals surface area (Å²) in [5.41, 5.74) is 4.03. The Morgan fingerprint density at radius 2 is 1.81 bits per heavy atom. The van der Waals surface area contributed by atoms with E-state index in [2.05, 4.69) is 20.9 Å². The van der Waals surface area contributed by atoms with Gasteiger partial charge in [0, 0.05) is 29.2 Å². The van der Waals surface area contributed by atoms with E-state index in [9.17, 15) is 4.79 Å². The van der Waals surface area contributed by atoms with Crippen LogP contribution in [-0.4, -0.2) is 26.4 Å². The number of para-hydroxylation sites is 3. The van der Waals surface area contributed by atoms with Crippen LogP contribution in [0.15, 0.2) is 59.4 Å². The minimum absolute atomic E-state index is 0.0802. The lowest BCUT2D eigenvalue weighted by Gasteiger charge is -2.34. The number of imidazole rings is 1. The first kappa shape index (κ1) is 16.3. The van der Waals surface area contributed by atoms with Crippen molar-refractivity contribution in [3.8, 4) is 0 Å². The molecule has 136 valence electrons. The molecule has 0 amide bonds. The number of likely N-dealkylation sites (tertiary alicyclic amines) is 1. The number of nitrogens with one attached hydrogen (secondary N) is 2. The number of nitrogens with zero attached hydrogens (tertiary/aromatic N) is 2. The maximum absolute atomic E-state index is 12.5. The maximum atomic E-state index is 12.5. The van der Waals surface area contributed by atoms with Crippen LogP contribution in [0, 0.1) is 0 Å². The van der Waals surface area contributed by atoms with Crippen molar-refractivity contribution in [3.05, 3.63) is 76.3 Å². The van der Waals surface area contributed by atoms with E-state index in [4.69, 9.17) is 4.98 Å². The molecule has 27 heavy (non-hydrogen) atoms. The highest BCUT2D eigenvalue weighted by Crippen LogP contribution is 2.31. The van der Waals surface area contributed by atoms with Gasteiger partial charge in [-0.3, -0.25) is 9.69 Å². The smallest absolute Gasteiger partial charge is 0.189 e. The van der Waals surface area contributed by atoms with Crippen molar-refractivity contribution in [2.75, 3.05) is 6.54 Å². The van der Waals surface area contributed by atoms with Gasteiger partial charge in [-0.1, -0.05) is 30.7 Å². The molecule has 5 heteroatoms. The van der Waals surface area contributed by atoms with Gasteiger partial charge in [-0.15, -0.1) is 0 Å². The van der Waals surface area contributed by atoms with Crippen LogP contribution >= 0.6 is 0 Å². The Morgan fingerprint density at radius 3 is 2.70 bits per heavy atom. The number of hydrogen-bond acceptors (Lipinski definition) is 3. The van der Waals surface area contributed by atoms with E-state index < -0.39 is 0 Å². The standard InChI is InChI=1S/C22H22N4O/c27-21-13-15(23-17-8-2-1-7-16(17)21)14-26-12-6-5-11-20(26)22-24-18-9-3-4-10-19(18)25-22/h1-4,7-10,13,20H,5-6,11-12,14H2,(H,23,27)(H,24,25). The van der Waals surface area contributed by atoms with Gasteiger partial charge in [0.25, 0.3) is 0 Å². The SMILES string of the molecule is O=c1cc(CN2CCCCC2c2nc3ccccc3[nH]2)[nH]c2ccccc12. The highest BCUT2D eigenvalue weighted by molar-refractivity contribution is 5.78. The van der Waals surface area contributed by atoms with Crippen LogP contribution in [0.3, 0.4) is 0 Å². The predicted octanol–water partition coefficient (Wildman–Crippen LogP) is 4.13. The summed E-state index contributed by atoms with van der Waals surface area (Å²) in [5.74, 6) is 1.03. The molecule has 0 bridgehead atoms. The third-order valence-corrected chi connectivity index (χ3v) is 5.50. The molecule has 1 fully saturated rings. The van der Waals surface area contributed by atoms with Crippen molar-refractivity contribution in [3.63, 3.8) is 0 Å². The lowest BCUT2D eigenvalue weighted by atomic mass is 10.0. The third kappa shape index (κ3) is 3.04. The number of piperidine rings is 1. The summed E-state index contributed by atoms with van der Waals surface area (Å²) in [6.07, 6.45) is 3.46. The van der Waals surface area contributed by atoms with Gasteiger partial charge in [0.15, 0.2) is 5.43 Å². The number of hydrogen-bond donors (Lipinski definition) is 2. The maximum Gasteiger partial charge on any atom is 0.189 e. The molecule has 0 spiro atoms. The first-order valence-electron chi connectivity index (χ1n) is 9.57. The summed E-state index contributed by atoms with van der Waals surface area (Å²) in [6.45, 7) is 1.73. The topological polar surface area (TPSA) is 64.8 Å². The number of fused-ring (bicyclic) bond motifs is 2. The molecule has 1 saturated heterocycles. The van der Waals surface area contributed by atoms with Gasteiger partial charge in [0.05, 0.1) is 17.1 Å². The largest absolute Gasteiger partial charge is 0.357 e. The van der Waals surface area contributed by atoms with Gasteiger partial charge in [-0.25, -0.2) is 4.98 Å². The van der Waals surface area contributed by atoms with Crippen LogP contribution in [0.1, 0.15) is 36.8 Å². The number of aromatic nitrogens is 3. The van der Waals surface area contributed by atoms with Crippen LogP contribution in [0.25, 0.3) is 21.9 Å². The molecule has 4 aromatic rings. The Bertz CT molecular complexity index is 1130. The van der Waals surface area contributed by atoms with E-state index >= 15 is 0 Å². The molecular formula is C22H22N4O. The van der Waals surface area contributed by atoms with E-state index in [0.29, 0.717) is 0 Å². The number of pyridine rings is 1. The second-order valence-electron chi connectivity index (χ2n) is 7.33. The lowest BCUT2D eigenvalue weighted by molar-refractivity contribution is 0.133. The van der Waals surface area contributed by atoms with Crippen molar-refractivity contribution < 1.29 is 0 Å². The van der Waals surface area contributed by atoms with E-state index in [-0.39, 0.29) is 11.5 Å². The molecule has 2 N–H and O–H groups in total. The first-order valence-corrected chi connectivity index (χ1v) is 9.57. The Labute approximate surface area is 157 Å². The monoisotopic (exact) mass is 358 g/mol. The molecule has 0 radical (unpaired) electrons. The van der Waals surface area contributed by atoms with Crippen molar-refractivity contribution in [1.82, 2.24) is 19.9 Å². The van der Waals surface area contributed by atoms with E-state index in [1.165, 1.54) is 12.8 Å². The number of rotatable bonds is 3. The summed E-state index contributed by atoms with van der Waals surface area (Å²) in [6, 6.07) is 17.9. The zero-order valence-electron chi connectivity index (χ0n) is 15.1. The Balaban J connectivity index is 1.48. The Kier molecular flexibility index (Phi) is 4.02. The van der Waals surface area contributed by atoms with Gasteiger partial charge in [0.1, 0.15) is 5.82 Å². The van der Waals surface area contributed by atoms with Crippen LogP contribution in [0.5, 0.6) is 0 Å². The van der Waals surface area contributed by atoms with Crippen molar-refractivity contribution in [2.24, 2.45) is 0 Å². The molecule has 1 unspecified atom stereocenters. The summed E-state index contributed by atoms with van der Waals surface area (Å²) in [7, 11) is 0. The molecular weight excluding hydrogens is 336 g/mol. The number of aromatic amines is 2. The summed E-state index contributed by atoms with van der Waals surface area (Å²) < 4.78 is 0. The van der Waals surface area contributed by atoms with Crippen LogP contribution in [0.2, 0.25) is 0 Å². The fourth-order valence-corrected chi connectivity index (χ4v) is 4.18. The average Bonchev–Trinajstić information content (AvgIpc) is 3.12. The molecule has 5 rings (SSSR count). The van der Waals surface area contributed by atoms with Crippen molar-refractivity contribution in [2.45, 2.75) is 31.8 Å². The molecule has 0 aliphatic carbocycles. The van der Waals surface area contributed by atoms with Crippen molar-refractivity contribution >= 4 is 21.9 Å². The highest BCUT2D eigenvalue weighted by Gasteiger charge is 2.27. The van der Waals surface area contributed by atoms with Gasteiger partial charge in [0.2, 0.25) is 0 Å². The van der Waals surface area contributed by atoms with Gasteiger partial charge >= 0.3 is 0 Å². The van der Waals surface area contributed by atoms with Crippen LogP contribution in [0.4, 0.5) is 0 Å². The quantitative estimate of drug-likeness (QED) is 0.579. The minimum atomic E-state index is 0.0802. The minimum Gasteiger partial charge on any atom is -0.357 e. The molecule has 1 atom stereocenters. The first-order chi connectivity index (χ1) is 13.3. The van der Waals surface area contributed by atoms with Gasteiger partial charge in [-0.05, 0) is 43.7 Å². The van der Waals surface area contributed by atoms with E-state index in [0.717, 1.165) is 53.0 Å². The summed E-state index contributed by atoms with van der Waals surface area (Å²) in [4.78, 5) is 26.7. The molecule has 3 heterocycles. The van der Waals surface area contributed by atoms with Gasteiger partial charge < -0.3 is 9.97 Å². The highest BCUT2D eigenvalue weighted by atomic mass is 16.1. The second kappa shape index (κ2) is 6.67. The third-order valence-electron chi connectivity index (χ3n) is 5.50. The second-order valence-corrected chi connectivity index (χ2v) is 7.33. The Hall–Kier alpha value is -2.92. The zero-order chi connectivity index (χ0) is 18.2. The number of H-pyrrole nitrogens is 2. The fourth-order valence-electron chi connectivity index (χ4n) is 4.18. The molecule has 2 aromatic heterocycles. The molecule has 5 nitrogen and oxygen atoms in total. The van der Waals surface area contributed by atoms with Crippen LogP contribution in [-0.2, 0) is 6.54 Å². The molecule has 1 aliphatic heterocycles. The summed E-state index contributed by atoms with van der Waals surface area (Å²) in [5, 5.41) is 0.744. The lowest BCUT2D eigenvalue weighted by Crippen LogP contribution is -2.34. The molecule has 0 saturated carbocycles.